The maximum atomic E-state index is 11.3. The van der Waals surface area contributed by atoms with Gasteiger partial charge in [0.15, 0.2) is 0 Å². The van der Waals surface area contributed by atoms with Crippen LogP contribution in [0.5, 0.6) is 0 Å². The second kappa shape index (κ2) is 5.37. The van der Waals surface area contributed by atoms with E-state index in [4.69, 9.17) is 11.6 Å². The average molecular weight is 293 g/mol. The first kappa shape index (κ1) is 14.7. The van der Waals surface area contributed by atoms with Crippen molar-refractivity contribution in [2.75, 3.05) is 0 Å². The zero-order chi connectivity index (χ0) is 15.0. The first-order chi connectivity index (χ1) is 9.32. The number of benzene rings is 1. The number of halogens is 1. The second-order valence-electron chi connectivity index (χ2n) is 5.50. The number of aryl methyl sites for hydroxylation is 2. The summed E-state index contributed by atoms with van der Waals surface area (Å²) < 4.78 is 0. The highest BCUT2D eigenvalue weighted by molar-refractivity contribution is 6.38. The van der Waals surface area contributed by atoms with Gasteiger partial charge in [-0.15, -0.1) is 0 Å². The molecule has 2 aromatic rings. The van der Waals surface area contributed by atoms with E-state index < -0.39 is 4.92 Å². The molecule has 0 fully saturated rings. The van der Waals surface area contributed by atoms with Crippen LogP contribution < -0.4 is 0 Å². The summed E-state index contributed by atoms with van der Waals surface area (Å²) in [6.45, 7) is 7.84. The summed E-state index contributed by atoms with van der Waals surface area (Å²) in [4.78, 5) is 15.5. The van der Waals surface area contributed by atoms with E-state index in [1.54, 1.807) is 0 Å². The third kappa shape index (κ3) is 2.48. The van der Waals surface area contributed by atoms with Crippen LogP contribution in [0.1, 0.15) is 30.7 Å². The van der Waals surface area contributed by atoms with Crippen molar-refractivity contribution in [1.82, 2.24) is 4.98 Å². The van der Waals surface area contributed by atoms with Gasteiger partial charge >= 0.3 is 5.69 Å². The molecule has 0 saturated carbocycles. The van der Waals surface area contributed by atoms with Crippen molar-refractivity contribution in [1.29, 1.82) is 0 Å². The van der Waals surface area contributed by atoms with Crippen LogP contribution in [0.3, 0.4) is 0 Å². The van der Waals surface area contributed by atoms with Crippen molar-refractivity contribution >= 4 is 28.2 Å². The maximum Gasteiger partial charge on any atom is 0.309 e. The molecule has 106 valence electrons. The van der Waals surface area contributed by atoms with Crippen molar-refractivity contribution in [3.05, 3.63) is 44.1 Å². The molecule has 0 aliphatic heterocycles. The highest BCUT2D eigenvalue weighted by Crippen LogP contribution is 2.37. The fourth-order valence-corrected chi connectivity index (χ4v) is 2.78. The summed E-state index contributed by atoms with van der Waals surface area (Å²) in [6, 6.07) is 3.88. The Balaban J connectivity index is 2.89. The summed E-state index contributed by atoms with van der Waals surface area (Å²) in [5.74, 6) is 0.278. The number of nitro groups is 1. The molecule has 0 saturated heterocycles. The van der Waals surface area contributed by atoms with Gasteiger partial charge in [-0.25, -0.2) is 4.98 Å². The molecule has 4 nitrogen and oxygen atoms in total. The van der Waals surface area contributed by atoms with Gasteiger partial charge < -0.3 is 0 Å². The number of fused-ring (bicyclic) bond motifs is 1. The highest BCUT2D eigenvalue weighted by atomic mass is 35.5. The fraction of sp³-hybridized carbons (Fsp3) is 0.400. The van der Waals surface area contributed by atoms with Crippen molar-refractivity contribution < 1.29 is 4.92 Å². The molecule has 0 N–H and O–H groups in total. The van der Waals surface area contributed by atoms with Gasteiger partial charge in [-0.1, -0.05) is 37.6 Å². The third-order valence-electron chi connectivity index (χ3n) is 3.32. The van der Waals surface area contributed by atoms with E-state index in [1.165, 1.54) is 0 Å². The first-order valence-corrected chi connectivity index (χ1v) is 6.93. The fourth-order valence-electron chi connectivity index (χ4n) is 2.36. The van der Waals surface area contributed by atoms with Crippen molar-refractivity contribution in [2.24, 2.45) is 5.92 Å². The van der Waals surface area contributed by atoms with Gasteiger partial charge in [0.2, 0.25) is 0 Å². The molecule has 0 radical (unpaired) electrons. The first-order valence-electron chi connectivity index (χ1n) is 6.55. The van der Waals surface area contributed by atoms with Gasteiger partial charge in [0.05, 0.1) is 10.4 Å². The number of pyridine rings is 1. The van der Waals surface area contributed by atoms with Gasteiger partial charge in [0.1, 0.15) is 10.7 Å². The number of hydrogen-bond acceptors (Lipinski definition) is 3. The zero-order valence-corrected chi connectivity index (χ0v) is 12.8. The molecule has 2 rings (SSSR count). The summed E-state index contributed by atoms with van der Waals surface area (Å²) in [5, 5.41) is 12.2. The Morgan fingerprint density at radius 1 is 1.30 bits per heavy atom. The molecule has 0 spiro atoms. The molecule has 1 heterocycles. The normalized spacial score (nSPS) is 11.3. The van der Waals surface area contributed by atoms with Gasteiger partial charge in [-0.05, 0) is 37.3 Å². The number of rotatable bonds is 3. The van der Waals surface area contributed by atoms with Crippen molar-refractivity contribution in [3.8, 4) is 0 Å². The average Bonchev–Trinajstić information content (AvgIpc) is 2.32. The lowest BCUT2D eigenvalue weighted by molar-refractivity contribution is -0.385. The van der Waals surface area contributed by atoms with Crippen LogP contribution in [-0.2, 0) is 6.42 Å². The number of aromatic nitrogens is 1. The van der Waals surface area contributed by atoms with Crippen LogP contribution in [0.25, 0.3) is 10.9 Å². The van der Waals surface area contributed by atoms with Gasteiger partial charge in [-0.3, -0.25) is 10.1 Å². The molecule has 1 aromatic carbocycles. The largest absolute Gasteiger partial charge is 0.309 e. The third-order valence-corrected chi connectivity index (χ3v) is 3.69. The standard InChI is InChI=1S/C15H17ClN2O2/c1-8(2)7-11-15(18(19)20)13(16)12-9(3)5-6-10(4)14(12)17-11/h5-6,8H,7H2,1-4H3. The topological polar surface area (TPSA) is 56.0 Å². The molecule has 0 aliphatic rings. The van der Waals surface area contributed by atoms with Crippen molar-refractivity contribution in [3.63, 3.8) is 0 Å². The quantitative estimate of drug-likeness (QED) is 0.613. The zero-order valence-electron chi connectivity index (χ0n) is 12.0. The van der Waals surface area contributed by atoms with Crippen LogP contribution in [0.2, 0.25) is 5.02 Å². The minimum absolute atomic E-state index is 0.0541. The number of nitrogens with zero attached hydrogens (tertiary/aromatic N) is 2. The molecule has 0 bridgehead atoms. The van der Waals surface area contributed by atoms with Crippen LogP contribution in [0.15, 0.2) is 12.1 Å². The van der Waals surface area contributed by atoms with Crippen LogP contribution in [0.4, 0.5) is 5.69 Å². The van der Waals surface area contributed by atoms with Gasteiger partial charge in [-0.2, -0.15) is 0 Å². The Labute approximate surface area is 122 Å². The lowest BCUT2D eigenvalue weighted by Gasteiger charge is -2.12. The van der Waals surface area contributed by atoms with E-state index in [1.807, 2.05) is 39.8 Å². The molecule has 0 aliphatic carbocycles. The predicted molar refractivity (Wildman–Crippen MR) is 81.4 cm³/mol. The molecular weight excluding hydrogens is 276 g/mol. The van der Waals surface area contributed by atoms with E-state index in [-0.39, 0.29) is 16.6 Å². The van der Waals surface area contributed by atoms with Crippen LogP contribution in [-0.4, -0.2) is 9.91 Å². The van der Waals surface area contributed by atoms with E-state index in [2.05, 4.69) is 4.98 Å². The van der Waals surface area contributed by atoms with Crippen LogP contribution >= 0.6 is 11.6 Å². The lowest BCUT2D eigenvalue weighted by Crippen LogP contribution is -2.05. The van der Waals surface area contributed by atoms with Crippen molar-refractivity contribution in [2.45, 2.75) is 34.1 Å². The summed E-state index contributed by atoms with van der Waals surface area (Å²) in [6.07, 6.45) is 0.541. The molecule has 0 amide bonds. The minimum Gasteiger partial charge on any atom is -0.258 e. The Morgan fingerprint density at radius 3 is 2.45 bits per heavy atom. The van der Waals surface area contributed by atoms with E-state index in [0.717, 1.165) is 16.6 Å². The van der Waals surface area contributed by atoms with E-state index in [9.17, 15) is 10.1 Å². The summed E-state index contributed by atoms with van der Waals surface area (Å²) >= 11 is 6.32. The Morgan fingerprint density at radius 2 is 1.90 bits per heavy atom. The number of hydrogen-bond donors (Lipinski definition) is 0. The van der Waals surface area contributed by atoms with Gasteiger partial charge in [0.25, 0.3) is 0 Å². The lowest BCUT2D eigenvalue weighted by atomic mass is 10.0. The van der Waals surface area contributed by atoms with E-state index >= 15 is 0 Å². The highest BCUT2D eigenvalue weighted by Gasteiger charge is 2.25. The maximum absolute atomic E-state index is 11.3. The Bertz CT molecular complexity index is 696. The molecule has 5 heteroatoms. The summed E-state index contributed by atoms with van der Waals surface area (Å²) in [7, 11) is 0. The molecular formula is C15H17ClN2O2. The molecule has 0 unspecified atom stereocenters. The Kier molecular flexibility index (Phi) is 3.95. The SMILES string of the molecule is Cc1ccc(C)c2c(Cl)c([N+](=O)[O-])c(CC(C)C)nc12. The summed E-state index contributed by atoms with van der Waals surface area (Å²) in [5.41, 5.74) is 3.06. The molecule has 20 heavy (non-hydrogen) atoms. The smallest absolute Gasteiger partial charge is 0.258 e. The minimum atomic E-state index is -0.422. The van der Waals surface area contributed by atoms with E-state index in [0.29, 0.717) is 17.5 Å². The van der Waals surface area contributed by atoms with Gasteiger partial charge in [0, 0.05) is 5.39 Å². The monoisotopic (exact) mass is 292 g/mol. The molecule has 1 aromatic heterocycles. The Hall–Kier alpha value is -1.68. The van der Waals surface area contributed by atoms with Crippen LogP contribution in [0, 0.1) is 29.9 Å². The second-order valence-corrected chi connectivity index (χ2v) is 5.88. The molecule has 0 atom stereocenters. The predicted octanol–water partition coefficient (Wildman–Crippen LogP) is 4.61.